The van der Waals surface area contributed by atoms with Gasteiger partial charge >= 0.3 is 0 Å². The van der Waals surface area contributed by atoms with Gasteiger partial charge in [0.1, 0.15) is 0 Å². The van der Waals surface area contributed by atoms with Gasteiger partial charge in [0, 0.05) is 10.9 Å². The van der Waals surface area contributed by atoms with Gasteiger partial charge in [-0.15, -0.1) is 11.3 Å². The molecule has 108 valence electrons. The summed E-state index contributed by atoms with van der Waals surface area (Å²) in [6.07, 6.45) is 4.90. The monoisotopic (exact) mass is 301 g/mol. The molecule has 4 nitrogen and oxygen atoms in total. The number of hydrogen-bond donors (Lipinski definition) is 0. The Labute approximate surface area is 126 Å². The van der Waals surface area contributed by atoms with Crippen LogP contribution in [-0.2, 0) is 6.42 Å². The van der Waals surface area contributed by atoms with Crippen LogP contribution < -0.4 is 0 Å². The minimum absolute atomic E-state index is 0.000554. The summed E-state index contributed by atoms with van der Waals surface area (Å²) in [6, 6.07) is 10.1. The Bertz CT molecular complexity index is 688. The van der Waals surface area contributed by atoms with Crippen LogP contribution in [0.2, 0.25) is 0 Å². The zero-order valence-corrected chi connectivity index (χ0v) is 12.4. The molecular formula is C16H15NO3S. The normalized spacial score (nSPS) is 10.9. The maximum absolute atomic E-state index is 12.1. The number of carbonyl (C=O) groups excluding carboxylic acids is 1. The fourth-order valence-electron chi connectivity index (χ4n) is 1.93. The minimum Gasteiger partial charge on any atom is -0.288 e. The number of aryl methyl sites for hydroxylation is 1. The summed E-state index contributed by atoms with van der Waals surface area (Å²) in [5.41, 5.74) is 0.431. The molecule has 1 aromatic carbocycles. The molecule has 0 atom stereocenters. The molecule has 0 unspecified atom stereocenters. The summed E-state index contributed by atoms with van der Waals surface area (Å²) in [7, 11) is 0. The smallest absolute Gasteiger partial charge is 0.276 e. The maximum atomic E-state index is 12.1. The molecule has 0 saturated heterocycles. The van der Waals surface area contributed by atoms with Crippen molar-refractivity contribution in [1.82, 2.24) is 0 Å². The SMILES string of the molecule is CCCc1ccc(C(=O)/C=C/c2ccccc2[N+](=O)[O-])s1. The Morgan fingerprint density at radius 1 is 1.29 bits per heavy atom. The Balaban J connectivity index is 2.17. The molecule has 2 rings (SSSR count). The van der Waals surface area contributed by atoms with E-state index in [0.29, 0.717) is 10.4 Å². The second-order valence-electron chi connectivity index (χ2n) is 4.53. The number of carbonyl (C=O) groups is 1. The predicted octanol–water partition coefficient (Wildman–Crippen LogP) is 4.50. The molecule has 1 heterocycles. The van der Waals surface area contributed by atoms with Crippen LogP contribution in [0, 0.1) is 10.1 Å². The van der Waals surface area contributed by atoms with E-state index in [1.807, 2.05) is 12.1 Å². The number of thiophene rings is 1. The highest BCUT2D eigenvalue weighted by Crippen LogP contribution is 2.21. The standard InChI is InChI=1S/C16H15NO3S/c1-2-5-13-9-11-16(21-13)15(18)10-8-12-6-3-4-7-14(12)17(19)20/h3-4,6-11H,2,5H2,1H3/b10-8+. The quantitative estimate of drug-likeness (QED) is 0.341. The molecule has 21 heavy (non-hydrogen) atoms. The van der Waals surface area contributed by atoms with Crippen LogP contribution in [0.3, 0.4) is 0 Å². The number of nitrogens with zero attached hydrogens (tertiary/aromatic N) is 1. The number of nitro benzene ring substituents is 1. The average molecular weight is 301 g/mol. The number of hydrogen-bond acceptors (Lipinski definition) is 4. The van der Waals surface area contributed by atoms with Gasteiger partial charge in [-0.3, -0.25) is 14.9 Å². The lowest BCUT2D eigenvalue weighted by Gasteiger charge is -1.96. The second kappa shape index (κ2) is 6.95. The van der Waals surface area contributed by atoms with Gasteiger partial charge in [-0.25, -0.2) is 0 Å². The number of para-hydroxylation sites is 1. The van der Waals surface area contributed by atoms with Crippen LogP contribution in [0.15, 0.2) is 42.5 Å². The van der Waals surface area contributed by atoms with Gasteiger partial charge in [0.25, 0.3) is 5.69 Å². The van der Waals surface area contributed by atoms with Crippen molar-refractivity contribution in [3.8, 4) is 0 Å². The Kier molecular flexibility index (Phi) is 5.00. The molecule has 2 aromatic rings. The molecule has 0 amide bonds. The second-order valence-corrected chi connectivity index (χ2v) is 5.70. The number of allylic oxidation sites excluding steroid dienone is 1. The first-order chi connectivity index (χ1) is 10.1. The van der Waals surface area contributed by atoms with Gasteiger partial charge in [0.15, 0.2) is 5.78 Å². The van der Waals surface area contributed by atoms with E-state index in [1.165, 1.54) is 34.4 Å². The molecule has 0 aliphatic carbocycles. The van der Waals surface area contributed by atoms with Crippen molar-refractivity contribution in [3.05, 3.63) is 67.9 Å². The molecule has 0 aliphatic rings. The van der Waals surface area contributed by atoms with E-state index in [-0.39, 0.29) is 11.5 Å². The number of benzene rings is 1. The lowest BCUT2D eigenvalue weighted by molar-refractivity contribution is -0.385. The van der Waals surface area contributed by atoms with Crippen molar-refractivity contribution in [1.29, 1.82) is 0 Å². The van der Waals surface area contributed by atoms with Crippen molar-refractivity contribution in [3.63, 3.8) is 0 Å². The van der Waals surface area contributed by atoms with Crippen molar-refractivity contribution >= 4 is 28.9 Å². The molecule has 0 radical (unpaired) electrons. The van der Waals surface area contributed by atoms with E-state index in [2.05, 4.69) is 6.92 Å². The highest BCUT2D eigenvalue weighted by atomic mass is 32.1. The Morgan fingerprint density at radius 3 is 2.76 bits per heavy atom. The molecule has 0 N–H and O–H groups in total. The van der Waals surface area contributed by atoms with Crippen LogP contribution in [0.25, 0.3) is 6.08 Å². The van der Waals surface area contributed by atoms with Crippen molar-refractivity contribution in [2.75, 3.05) is 0 Å². The number of nitro groups is 1. The van der Waals surface area contributed by atoms with Crippen molar-refractivity contribution < 1.29 is 9.72 Å². The first-order valence-electron chi connectivity index (χ1n) is 6.66. The predicted molar refractivity (Wildman–Crippen MR) is 84.8 cm³/mol. The molecule has 0 fully saturated rings. The first-order valence-corrected chi connectivity index (χ1v) is 7.48. The average Bonchev–Trinajstić information content (AvgIpc) is 2.94. The van der Waals surface area contributed by atoms with E-state index < -0.39 is 4.92 Å². The third kappa shape index (κ3) is 3.86. The molecule has 0 aliphatic heterocycles. The summed E-state index contributed by atoms with van der Waals surface area (Å²) in [6.45, 7) is 2.09. The zero-order valence-electron chi connectivity index (χ0n) is 11.6. The zero-order chi connectivity index (χ0) is 15.2. The summed E-state index contributed by atoms with van der Waals surface area (Å²) in [4.78, 5) is 24.4. The van der Waals surface area contributed by atoms with Gasteiger partial charge in [-0.05, 0) is 36.8 Å². The molecule has 5 heteroatoms. The summed E-state index contributed by atoms with van der Waals surface area (Å²) in [5, 5.41) is 10.9. The third-order valence-electron chi connectivity index (χ3n) is 2.95. The maximum Gasteiger partial charge on any atom is 0.276 e. The van der Waals surface area contributed by atoms with Crippen LogP contribution in [0.5, 0.6) is 0 Å². The van der Waals surface area contributed by atoms with Gasteiger partial charge < -0.3 is 0 Å². The third-order valence-corrected chi connectivity index (χ3v) is 4.11. The lowest BCUT2D eigenvalue weighted by atomic mass is 10.1. The Hall–Kier alpha value is -2.27. The minimum atomic E-state index is -0.450. The van der Waals surface area contributed by atoms with E-state index in [0.717, 1.165) is 12.8 Å². The van der Waals surface area contributed by atoms with Gasteiger partial charge in [0.2, 0.25) is 0 Å². The van der Waals surface area contributed by atoms with Gasteiger partial charge in [0.05, 0.1) is 15.4 Å². The largest absolute Gasteiger partial charge is 0.288 e. The van der Waals surface area contributed by atoms with Gasteiger partial charge in [-0.1, -0.05) is 25.5 Å². The van der Waals surface area contributed by atoms with Crippen molar-refractivity contribution in [2.45, 2.75) is 19.8 Å². The van der Waals surface area contributed by atoms with Crippen LogP contribution in [0.4, 0.5) is 5.69 Å². The first kappa shape index (κ1) is 15.1. The molecular weight excluding hydrogens is 286 g/mol. The fourth-order valence-corrected chi connectivity index (χ4v) is 2.96. The van der Waals surface area contributed by atoms with E-state index in [9.17, 15) is 14.9 Å². The van der Waals surface area contributed by atoms with Crippen LogP contribution in [-0.4, -0.2) is 10.7 Å². The van der Waals surface area contributed by atoms with Crippen LogP contribution >= 0.6 is 11.3 Å². The highest BCUT2D eigenvalue weighted by molar-refractivity contribution is 7.14. The van der Waals surface area contributed by atoms with Crippen molar-refractivity contribution in [2.24, 2.45) is 0 Å². The molecule has 0 bridgehead atoms. The summed E-state index contributed by atoms with van der Waals surface area (Å²) < 4.78 is 0. The summed E-state index contributed by atoms with van der Waals surface area (Å²) >= 11 is 1.48. The topological polar surface area (TPSA) is 60.2 Å². The summed E-state index contributed by atoms with van der Waals surface area (Å²) in [5.74, 6) is -0.125. The highest BCUT2D eigenvalue weighted by Gasteiger charge is 2.11. The molecule has 0 spiro atoms. The fraction of sp³-hybridized carbons (Fsp3) is 0.188. The van der Waals surface area contributed by atoms with E-state index >= 15 is 0 Å². The number of rotatable bonds is 6. The van der Waals surface area contributed by atoms with E-state index in [4.69, 9.17) is 0 Å². The van der Waals surface area contributed by atoms with Gasteiger partial charge in [-0.2, -0.15) is 0 Å². The Morgan fingerprint density at radius 2 is 2.05 bits per heavy atom. The molecule has 1 aromatic heterocycles. The van der Waals surface area contributed by atoms with Crippen LogP contribution in [0.1, 0.15) is 33.5 Å². The molecule has 0 saturated carbocycles. The van der Waals surface area contributed by atoms with E-state index in [1.54, 1.807) is 18.2 Å². The number of ketones is 1. The lowest BCUT2D eigenvalue weighted by Crippen LogP contribution is -1.92.